The van der Waals surface area contributed by atoms with Crippen LogP contribution in [0.1, 0.15) is 15.9 Å². The van der Waals surface area contributed by atoms with Crippen molar-refractivity contribution in [2.24, 2.45) is 0 Å². The first-order valence-corrected chi connectivity index (χ1v) is 9.86. The Labute approximate surface area is 190 Å². The molecule has 10 heteroatoms. The predicted octanol–water partition coefficient (Wildman–Crippen LogP) is 3.21. The summed E-state index contributed by atoms with van der Waals surface area (Å²) in [7, 11) is 4.63. The van der Waals surface area contributed by atoms with Crippen LogP contribution in [0, 0.1) is 0 Å². The molecule has 0 atom stereocenters. The van der Waals surface area contributed by atoms with Crippen molar-refractivity contribution >= 4 is 29.1 Å². The molecule has 0 saturated carbocycles. The molecular formula is C22H22N4O5S. The van der Waals surface area contributed by atoms with E-state index in [9.17, 15) is 4.79 Å². The van der Waals surface area contributed by atoms with Gasteiger partial charge in [0.2, 0.25) is 11.6 Å². The van der Waals surface area contributed by atoms with Crippen LogP contribution >= 0.6 is 12.2 Å². The number of nitrogens with zero attached hydrogens (tertiary/aromatic N) is 2. The fraction of sp³-hybridized carbons (Fsp3) is 0.182. The number of methoxy groups -OCH3 is 3. The van der Waals surface area contributed by atoms with Crippen molar-refractivity contribution in [3.63, 3.8) is 0 Å². The monoisotopic (exact) mass is 454 g/mol. The topological polar surface area (TPSA) is 104 Å². The third kappa shape index (κ3) is 5.82. The van der Waals surface area contributed by atoms with Crippen LogP contribution in [-0.4, -0.2) is 42.3 Å². The number of hydrogen-bond donors (Lipinski definition) is 2. The fourth-order valence-corrected chi connectivity index (χ4v) is 2.96. The number of thiocarbonyl (C=S) groups is 1. The molecule has 1 amide bonds. The second-order valence-electron chi connectivity index (χ2n) is 6.34. The van der Waals surface area contributed by atoms with E-state index in [-0.39, 0.29) is 23.5 Å². The molecule has 32 heavy (non-hydrogen) atoms. The van der Waals surface area contributed by atoms with Crippen LogP contribution in [0.2, 0.25) is 0 Å². The summed E-state index contributed by atoms with van der Waals surface area (Å²) in [4.78, 5) is 20.6. The van der Waals surface area contributed by atoms with Crippen LogP contribution in [0.15, 0.2) is 54.9 Å². The molecule has 166 valence electrons. The molecule has 0 bridgehead atoms. The van der Waals surface area contributed by atoms with Gasteiger partial charge in [0, 0.05) is 5.56 Å². The summed E-state index contributed by atoms with van der Waals surface area (Å²) in [6.45, 7) is 0.185. The zero-order valence-electron chi connectivity index (χ0n) is 17.7. The van der Waals surface area contributed by atoms with Gasteiger partial charge in [-0.1, -0.05) is 18.2 Å². The summed E-state index contributed by atoms with van der Waals surface area (Å²) in [6.07, 6.45) is 2.93. The van der Waals surface area contributed by atoms with E-state index in [2.05, 4.69) is 20.6 Å². The van der Waals surface area contributed by atoms with Gasteiger partial charge in [0.15, 0.2) is 22.4 Å². The molecule has 2 N–H and O–H groups in total. The smallest absolute Gasteiger partial charge is 0.257 e. The quantitative estimate of drug-likeness (QED) is 0.497. The number of benzene rings is 2. The first-order valence-electron chi connectivity index (χ1n) is 9.45. The number of amides is 1. The van der Waals surface area contributed by atoms with Crippen LogP contribution in [0.5, 0.6) is 23.1 Å². The Morgan fingerprint density at radius 3 is 2.31 bits per heavy atom. The maximum Gasteiger partial charge on any atom is 0.257 e. The van der Waals surface area contributed by atoms with Crippen molar-refractivity contribution in [2.45, 2.75) is 6.61 Å². The third-order valence-corrected chi connectivity index (χ3v) is 4.43. The summed E-state index contributed by atoms with van der Waals surface area (Å²) >= 11 is 5.18. The molecule has 0 spiro atoms. The normalized spacial score (nSPS) is 10.1. The number of anilines is 1. The number of carbonyl (C=O) groups excluding carboxylic acids is 1. The fourth-order valence-electron chi connectivity index (χ4n) is 2.77. The van der Waals surface area contributed by atoms with Crippen LogP contribution in [0.4, 0.5) is 5.82 Å². The highest BCUT2D eigenvalue weighted by atomic mass is 32.1. The van der Waals surface area contributed by atoms with E-state index in [1.165, 1.54) is 19.5 Å². The summed E-state index contributed by atoms with van der Waals surface area (Å²) in [5.74, 6) is 1.80. The highest BCUT2D eigenvalue weighted by Crippen LogP contribution is 2.38. The van der Waals surface area contributed by atoms with E-state index in [4.69, 9.17) is 31.2 Å². The number of ether oxygens (including phenoxy) is 4. The van der Waals surface area contributed by atoms with Gasteiger partial charge < -0.3 is 24.3 Å². The van der Waals surface area contributed by atoms with E-state index in [0.717, 1.165) is 5.56 Å². The summed E-state index contributed by atoms with van der Waals surface area (Å²) in [5.41, 5.74) is 1.27. The van der Waals surface area contributed by atoms with Gasteiger partial charge in [-0.15, -0.1) is 0 Å². The molecule has 0 aliphatic rings. The zero-order valence-corrected chi connectivity index (χ0v) is 18.6. The van der Waals surface area contributed by atoms with Crippen molar-refractivity contribution < 1.29 is 23.7 Å². The van der Waals surface area contributed by atoms with Crippen LogP contribution in [0.25, 0.3) is 0 Å². The molecule has 3 rings (SSSR count). The maximum atomic E-state index is 12.2. The van der Waals surface area contributed by atoms with Crippen LogP contribution < -0.4 is 29.6 Å². The minimum absolute atomic E-state index is 0.0925. The first-order chi connectivity index (χ1) is 15.5. The lowest BCUT2D eigenvalue weighted by atomic mass is 10.2. The molecule has 3 aromatic rings. The third-order valence-electron chi connectivity index (χ3n) is 4.23. The lowest BCUT2D eigenvalue weighted by Gasteiger charge is -2.14. The van der Waals surface area contributed by atoms with Gasteiger partial charge in [-0.3, -0.25) is 15.1 Å². The van der Waals surface area contributed by atoms with E-state index in [1.807, 2.05) is 6.07 Å². The zero-order chi connectivity index (χ0) is 22.9. The number of carbonyl (C=O) groups is 1. The summed E-state index contributed by atoms with van der Waals surface area (Å²) in [5, 5.41) is 5.51. The Kier molecular flexibility index (Phi) is 7.76. The molecule has 0 aliphatic heterocycles. The van der Waals surface area contributed by atoms with Gasteiger partial charge in [0.1, 0.15) is 6.61 Å². The van der Waals surface area contributed by atoms with E-state index >= 15 is 0 Å². The highest BCUT2D eigenvalue weighted by Gasteiger charge is 2.14. The Balaban J connectivity index is 1.63. The van der Waals surface area contributed by atoms with Gasteiger partial charge in [-0.05, 0) is 42.0 Å². The molecule has 0 radical (unpaired) electrons. The average molecular weight is 455 g/mol. The second-order valence-corrected chi connectivity index (χ2v) is 6.75. The van der Waals surface area contributed by atoms with E-state index in [1.54, 1.807) is 50.6 Å². The molecule has 2 aromatic carbocycles. The average Bonchev–Trinajstić information content (AvgIpc) is 2.82. The lowest BCUT2D eigenvalue weighted by molar-refractivity contribution is 0.0977. The molecule has 0 fully saturated rings. The Hall–Kier alpha value is -3.92. The SMILES string of the molecule is COc1cc(COc2cncc(NC(=S)NC(=O)c3ccccc3)n2)cc(OC)c1OC. The maximum absolute atomic E-state index is 12.2. The van der Waals surface area contributed by atoms with Crippen molar-refractivity contribution in [2.75, 3.05) is 26.6 Å². The van der Waals surface area contributed by atoms with Crippen molar-refractivity contribution in [1.82, 2.24) is 15.3 Å². The number of rotatable bonds is 8. The van der Waals surface area contributed by atoms with E-state index < -0.39 is 0 Å². The Bertz CT molecular complexity index is 1070. The Morgan fingerprint density at radius 1 is 1.00 bits per heavy atom. The number of aromatic nitrogens is 2. The lowest BCUT2D eigenvalue weighted by Crippen LogP contribution is -2.34. The predicted molar refractivity (Wildman–Crippen MR) is 123 cm³/mol. The molecule has 1 aromatic heterocycles. The number of nitrogens with one attached hydrogen (secondary N) is 2. The molecule has 0 saturated heterocycles. The molecule has 0 aliphatic carbocycles. The minimum atomic E-state index is -0.328. The van der Waals surface area contributed by atoms with Gasteiger partial charge in [0.25, 0.3) is 5.91 Å². The van der Waals surface area contributed by atoms with Gasteiger partial charge in [-0.25, -0.2) is 0 Å². The standard InChI is InChI=1S/C22H22N4O5S/c1-28-16-9-14(10-17(29-2)20(16)30-3)13-31-19-12-23-11-18(24-19)25-22(32)26-21(27)15-7-5-4-6-8-15/h4-12H,13H2,1-3H3,(H2,24,25,26,27,32). The summed E-state index contributed by atoms with van der Waals surface area (Å²) in [6, 6.07) is 12.3. The highest BCUT2D eigenvalue weighted by molar-refractivity contribution is 7.80. The molecule has 9 nitrogen and oxygen atoms in total. The molecular weight excluding hydrogens is 432 g/mol. The largest absolute Gasteiger partial charge is 0.493 e. The van der Waals surface area contributed by atoms with Crippen molar-refractivity contribution in [1.29, 1.82) is 0 Å². The molecule has 1 heterocycles. The second kappa shape index (κ2) is 10.9. The van der Waals surface area contributed by atoms with Crippen molar-refractivity contribution in [3.05, 3.63) is 66.0 Å². The Morgan fingerprint density at radius 2 is 1.69 bits per heavy atom. The summed E-state index contributed by atoms with van der Waals surface area (Å²) < 4.78 is 21.8. The number of hydrogen-bond acceptors (Lipinski definition) is 8. The minimum Gasteiger partial charge on any atom is -0.493 e. The van der Waals surface area contributed by atoms with Gasteiger partial charge in [0.05, 0.1) is 33.7 Å². The van der Waals surface area contributed by atoms with Crippen LogP contribution in [-0.2, 0) is 6.61 Å². The first kappa shape index (κ1) is 22.8. The van der Waals surface area contributed by atoms with Crippen LogP contribution in [0.3, 0.4) is 0 Å². The van der Waals surface area contributed by atoms with Crippen molar-refractivity contribution in [3.8, 4) is 23.1 Å². The van der Waals surface area contributed by atoms with E-state index in [0.29, 0.717) is 28.6 Å². The van der Waals surface area contributed by atoms with Gasteiger partial charge >= 0.3 is 0 Å². The molecule has 0 unspecified atom stereocenters. The van der Waals surface area contributed by atoms with Gasteiger partial charge in [-0.2, -0.15) is 4.98 Å².